The Bertz CT molecular complexity index is 1540. The van der Waals surface area contributed by atoms with Crippen LogP contribution in [0.5, 0.6) is 0 Å². The fourth-order valence-corrected chi connectivity index (χ4v) is 8.75. The van der Waals surface area contributed by atoms with Crippen molar-refractivity contribution in [3.63, 3.8) is 0 Å². The fourth-order valence-electron chi connectivity index (χ4n) is 8.75. The van der Waals surface area contributed by atoms with Crippen molar-refractivity contribution in [1.82, 2.24) is 0 Å². The molecule has 0 spiro atoms. The molecule has 0 aliphatic heterocycles. The van der Waals surface area contributed by atoms with Crippen LogP contribution >= 0.6 is 0 Å². The van der Waals surface area contributed by atoms with Crippen LogP contribution in [0.4, 0.5) is 0 Å². The molecule has 0 saturated carbocycles. The van der Waals surface area contributed by atoms with E-state index in [1.807, 2.05) is 0 Å². The van der Waals surface area contributed by atoms with Gasteiger partial charge in [-0.25, -0.2) is 0 Å². The fraction of sp³-hybridized carbons (Fsp3) is 0.700. The predicted molar refractivity (Wildman–Crippen MR) is 330 cm³/mol. The Morgan fingerprint density at radius 1 is 0.276 bits per heavy atom. The molecule has 0 aliphatic rings. The summed E-state index contributed by atoms with van der Waals surface area (Å²) in [6, 6.07) is 0. The summed E-state index contributed by atoms with van der Waals surface area (Å²) >= 11 is 0. The molecule has 0 heterocycles. The summed E-state index contributed by atoms with van der Waals surface area (Å²) in [5.74, 6) is -0.900. The van der Waals surface area contributed by atoms with Crippen LogP contribution in [0.3, 0.4) is 0 Å². The topological polar surface area (TPSA) is 78.9 Å². The first kappa shape index (κ1) is 72.1. The summed E-state index contributed by atoms with van der Waals surface area (Å²) < 4.78 is 16.8. The highest BCUT2D eigenvalue weighted by Crippen LogP contribution is 2.16. The number of esters is 3. The molecule has 76 heavy (non-hydrogen) atoms. The van der Waals surface area contributed by atoms with Gasteiger partial charge in [-0.15, -0.1) is 0 Å². The molecule has 0 aromatic rings. The standard InChI is InChI=1S/C70H118O6/c1-4-7-10-13-16-18-20-22-24-26-28-30-32-33-34-35-36-37-39-40-42-44-46-48-50-52-54-57-60-63-69(72)75-66-67(65-74-68(71)62-59-56-15-12-9-6-3)76-70(73)64-61-58-55-53-51-49-47-45-43-41-38-31-29-27-25-23-21-19-17-14-11-8-5-2/h7,10,16,18,21-24,27-30,33-34,36-37,40,42,67H,4-6,8-9,11-15,17,19-20,25-26,31-32,35,38-39,41,43-66H2,1-3H3/b10-7-,18-16-,23-21-,24-22-,29-27-,30-28-,34-33-,37-36-,42-40-. The van der Waals surface area contributed by atoms with Gasteiger partial charge < -0.3 is 14.2 Å². The maximum absolute atomic E-state index is 12.8. The van der Waals surface area contributed by atoms with E-state index in [4.69, 9.17) is 14.2 Å². The second-order valence-electron chi connectivity index (χ2n) is 20.9. The minimum absolute atomic E-state index is 0.0821. The zero-order valence-electron chi connectivity index (χ0n) is 49.7. The van der Waals surface area contributed by atoms with Gasteiger partial charge in [-0.1, -0.05) is 278 Å². The zero-order chi connectivity index (χ0) is 55.0. The number of carbonyl (C=O) groups excluding carboxylic acids is 3. The van der Waals surface area contributed by atoms with Gasteiger partial charge >= 0.3 is 17.9 Å². The third-order valence-electron chi connectivity index (χ3n) is 13.5. The lowest BCUT2D eigenvalue weighted by atomic mass is 10.0. The second-order valence-corrected chi connectivity index (χ2v) is 20.9. The summed E-state index contributed by atoms with van der Waals surface area (Å²) in [6.07, 6.45) is 87.0. The summed E-state index contributed by atoms with van der Waals surface area (Å²) in [7, 11) is 0. The van der Waals surface area contributed by atoms with Crippen LogP contribution in [0.2, 0.25) is 0 Å². The molecular weight excluding hydrogens is 937 g/mol. The normalized spacial score (nSPS) is 12.8. The Morgan fingerprint density at radius 2 is 0.513 bits per heavy atom. The zero-order valence-corrected chi connectivity index (χ0v) is 49.7. The molecule has 6 heteroatoms. The molecule has 0 saturated heterocycles. The van der Waals surface area contributed by atoms with Crippen molar-refractivity contribution in [3.8, 4) is 0 Å². The molecular formula is C70H118O6. The van der Waals surface area contributed by atoms with Crippen molar-refractivity contribution < 1.29 is 28.6 Å². The molecule has 0 aromatic heterocycles. The van der Waals surface area contributed by atoms with Gasteiger partial charge in [0.25, 0.3) is 0 Å². The van der Waals surface area contributed by atoms with Crippen molar-refractivity contribution in [2.45, 2.75) is 303 Å². The van der Waals surface area contributed by atoms with Gasteiger partial charge in [0.1, 0.15) is 13.2 Å². The minimum atomic E-state index is -0.783. The first-order valence-electron chi connectivity index (χ1n) is 31.9. The predicted octanol–water partition coefficient (Wildman–Crippen LogP) is 21.8. The SMILES string of the molecule is CC/C=C\C/C=C\C/C=C\C/C=C\C/C=C\C/C=C\C/C=C\CCCCCCCCCC(=O)OCC(COC(=O)CCCCCCCC)OC(=O)CCCCCCCCCCCCC/C=C\C/C=C\CCCCCCC. The third-order valence-corrected chi connectivity index (χ3v) is 13.5. The molecule has 0 rings (SSSR count). The first-order valence-corrected chi connectivity index (χ1v) is 31.9. The largest absolute Gasteiger partial charge is 0.462 e. The van der Waals surface area contributed by atoms with Gasteiger partial charge in [-0.05, 0) is 109 Å². The summed E-state index contributed by atoms with van der Waals surface area (Å²) in [5.41, 5.74) is 0. The molecule has 0 aliphatic carbocycles. The lowest BCUT2D eigenvalue weighted by Gasteiger charge is -2.18. The highest BCUT2D eigenvalue weighted by Gasteiger charge is 2.19. The van der Waals surface area contributed by atoms with Crippen molar-refractivity contribution in [1.29, 1.82) is 0 Å². The Labute approximate surface area is 470 Å². The van der Waals surface area contributed by atoms with E-state index in [0.29, 0.717) is 19.3 Å². The third kappa shape index (κ3) is 60.9. The first-order chi connectivity index (χ1) is 37.5. The van der Waals surface area contributed by atoms with Crippen LogP contribution < -0.4 is 0 Å². The number of rotatable bonds is 57. The molecule has 0 radical (unpaired) electrons. The van der Waals surface area contributed by atoms with Gasteiger partial charge in [0.2, 0.25) is 0 Å². The number of hydrogen-bond acceptors (Lipinski definition) is 6. The summed E-state index contributed by atoms with van der Waals surface area (Å²) in [4.78, 5) is 38.0. The van der Waals surface area contributed by atoms with Gasteiger partial charge in [-0.2, -0.15) is 0 Å². The molecule has 0 fully saturated rings. The monoisotopic (exact) mass is 1050 g/mol. The van der Waals surface area contributed by atoms with E-state index in [9.17, 15) is 14.4 Å². The quantitative estimate of drug-likeness (QED) is 0.0261. The van der Waals surface area contributed by atoms with E-state index in [-0.39, 0.29) is 31.1 Å². The molecule has 0 aromatic carbocycles. The van der Waals surface area contributed by atoms with Gasteiger partial charge in [-0.3, -0.25) is 14.4 Å². The van der Waals surface area contributed by atoms with Gasteiger partial charge in [0.15, 0.2) is 6.10 Å². The highest BCUT2D eigenvalue weighted by atomic mass is 16.6. The molecule has 0 N–H and O–H groups in total. The van der Waals surface area contributed by atoms with E-state index < -0.39 is 6.10 Å². The van der Waals surface area contributed by atoms with Crippen LogP contribution in [-0.4, -0.2) is 37.2 Å². The smallest absolute Gasteiger partial charge is 0.306 e. The second kappa shape index (κ2) is 63.6. The van der Waals surface area contributed by atoms with Crippen LogP contribution in [0.25, 0.3) is 0 Å². The van der Waals surface area contributed by atoms with E-state index in [1.54, 1.807) is 0 Å². The van der Waals surface area contributed by atoms with Crippen molar-refractivity contribution >= 4 is 17.9 Å². The lowest BCUT2D eigenvalue weighted by molar-refractivity contribution is -0.167. The Kier molecular flexibility index (Phi) is 60.3. The van der Waals surface area contributed by atoms with E-state index >= 15 is 0 Å². The molecule has 0 bridgehead atoms. The number of allylic oxidation sites excluding steroid dienone is 18. The van der Waals surface area contributed by atoms with Crippen LogP contribution in [0.15, 0.2) is 109 Å². The molecule has 434 valence electrons. The van der Waals surface area contributed by atoms with E-state index in [1.165, 1.54) is 141 Å². The lowest BCUT2D eigenvalue weighted by Crippen LogP contribution is -2.30. The van der Waals surface area contributed by atoms with Crippen LogP contribution in [-0.2, 0) is 28.6 Å². The average Bonchev–Trinajstić information content (AvgIpc) is 3.42. The van der Waals surface area contributed by atoms with E-state index in [0.717, 1.165) is 116 Å². The highest BCUT2D eigenvalue weighted by molar-refractivity contribution is 5.71. The number of unbranched alkanes of at least 4 members (excludes halogenated alkanes) is 28. The average molecular weight is 1060 g/mol. The van der Waals surface area contributed by atoms with E-state index in [2.05, 4.69) is 130 Å². The molecule has 1 atom stereocenters. The van der Waals surface area contributed by atoms with Crippen LogP contribution in [0, 0.1) is 0 Å². The van der Waals surface area contributed by atoms with Gasteiger partial charge in [0.05, 0.1) is 0 Å². The summed E-state index contributed by atoms with van der Waals surface area (Å²) in [6.45, 7) is 6.46. The molecule has 1 unspecified atom stereocenters. The molecule has 0 amide bonds. The summed E-state index contributed by atoms with van der Waals surface area (Å²) in [5, 5.41) is 0. The van der Waals surface area contributed by atoms with Crippen molar-refractivity contribution in [2.75, 3.05) is 13.2 Å². The minimum Gasteiger partial charge on any atom is -0.462 e. The van der Waals surface area contributed by atoms with Crippen LogP contribution in [0.1, 0.15) is 297 Å². The Balaban J connectivity index is 4.14. The number of hydrogen-bond donors (Lipinski definition) is 0. The Hall–Kier alpha value is -3.93. The maximum atomic E-state index is 12.8. The number of ether oxygens (including phenoxy) is 3. The van der Waals surface area contributed by atoms with Crippen molar-refractivity contribution in [3.05, 3.63) is 109 Å². The number of carbonyl (C=O) groups is 3. The Morgan fingerprint density at radius 3 is 0.803 bits per heavy atom. The van der Waals surface area contributed by atoms with Gasteiger partial charge in [0, 0.05) is 19.3 Å². The molecule has 6 nitrogen and oxygen atoms in total. The van der Waals surface area contributed by atoms with Crippen molar-refractivity contribution in [2.24, 2.45) is 0 Å². The maximum Gasteiger partial charge on any atom is 0.306 e.